The number of aromatic hydroxyl groups is 1. The molecule has 0 spiro atoms. The number of phenolic OH excluding ortho intramolecular Hbond substituents is 1. The fourth-order valence-electron chi connectivity index (χ4n) is 8.64. The van der Waals surface area contributed by atoms with Crippen LogP contribution in [-0.2, 0) is 21.1 Å². The number of nitrogens with zero attached hydrogens (tertiary/aromatic N) is 4. The summed E-state index contributed by atoms with van der Waals surface area (Å²) >= 11 is 0. The minimum atomic E-state index is 0. The molecule has 0 saturated carbocycles. The summed E-state index contributed by atoms with van der Waals surface area (Å²) in [4.78, 5) is 10.3. The summed E-state index contributed by atoms with van der Waals surface area (Å²) in [5, 5.41) is 13.7. The van der Waals surface area contributed by atoms with E-state index >= 15 is 0 Å². The molecule has 6 heteroatoms. The molecular weight excluding hydrogens is 916 g/mol. The first-order chi connectivity index (χ1) is 28.9. The van der Waals surface area contributed by atoms with Crippen LogP contribution in [0.3, 0.4) is 0 Å². The van der Waals surface area contributed by atoms with E-state index in [-0.39, 0.29) is 38.7 Å². The van der Waals surface area contributed by atoms with Crippen molar-refractivity contribution in [1.82, 2.24) is 19.1 Å². The molecule has 0 radical (unpaired) electrons. The Hall–Kier alpha value is -6.55. The van der Waals surface area contributed by atoms with Crippen LogP contribution in [0.5, 0.6) is 5.75 Å². The number of benzene rings is 7. The number of phenols is 1. The molecule has 0 aliphatic heterocycles. The quantitative estimate of drug-likeness (QED) is 0.154. The normalized spacial score (nSPS) is 11.6. The molecule has 0 fully saturated rings. The van der Waals surface area contributed by atoms with E-state index in [0.717, 1.165) is 55.5 Å². The molecule has 296 valence electrons. The van der Waals surface area contributed by atoms with E-state index in [4.69, 9.17) is 9.97 Å². The number of rotatable bonds is 8. The van der Waals surface area contributed by atoms with Gasteiger partial charge in [-0.15, -0.1) is 29.8 Å². The Kier molecular flexibility index (Phi) is 10.3. The van der Waals surface area contributed by atoms with E-state index < -0.39 is 0 Å². The fraction of sp³-hybridized carbons (Fsp3) is 0.111. The van der Waals surface area contributed by atoms with Crippen LogP contribution in [0.2, 0.25) is 0 Å². The van der Waals surface area contributed by atoms with Gasteiger partial charge in [-0.2, -0.15) is 0 Å². The largest absolute Gasteiger partial charge is 0.507 e. The SMILES string of the molecule is CC(C)c1cc(-c2ccc(-c3ccccc3)cc2)cc(C(C)C)c1-n1c(-c2ccccc2O)nc2c(-c3[c-]c(-n4c5ccccc5c5cccnc54)ccc3)cccc21.[Pt]. The van der Waals surface area contributed by atoms with E-state index in [0.29, 0.717) is 11.4 Å². The second-order valence-corrected chi connectivity index (χ2v) is 15.9. The first kappa shape index (κ1) is 38.9. The van der Waals surface area contributed by atoms with Crippen LogP contribution < -0.4 is 0 Å². The maximum atomic E-state index is 11.4. The molecule has 0 atom stereocenters. The van der Waals surface area contributed by atoms with Crippen molar-refractivity contribution in [3.05, 3.63) is 187 Å². The van der Waals surface area contributed by atoms with Crippen LogP contribution in [-0.4, -0.2) is 24.2 Å². The number of imidazole rings is 1. The predicted octanol–water partition coefficient (Wildman–Crippen LogP) is 13.9. The summed E-state index contributed by atoms with van der Waals surface area (Å²) in [6, 6.07) is 60.7. The molecular formula is C54H43N4OPt-. The average Bonchev–Trinajstić information content (AvgIpc) is 3.83. The van der Waals surface area contributed by atoms with E-state index in [9.17, 15) is 5.11 Å². The van der Waals surface area contributed by atoms with Gasteiger partial charge in [0.25, 0.3) is 0 Å². The topological polar surface area (TPSA) is 55.9 Å². The Bertz CT molecular complexity index is 3100. The monoisotopic (exact) mass is 958 g/mol. The third kappa shape index (κ3) is 6.64. The Labute approximate surface area is 364 Å². The molecule has 0 saturated heterocycles. The summed E-state index contributed by atoms with van der Waals surface area (Å²) in [6.07, 6.45) is 1.85. The van der Waals surface area contributed by atoms with Gasteiger partial charge in [-0.05, 0) is 99.4 Å². The van der Waals surface area contributed by atoms with Crippen molar-refractivity contribution >= 4 is 33.0 Å². The molecule has 3 aromatic heterocycles. The standard InChI is InChI=1S/C54H43N4O.Pt/c1-34(2)46-32-40(38-28-26-37(27-29-38)36-15-6-5-7-16-36)33-47(35(3)4)52(46)58-49-24-13-21-42(51(49)56-54(58)45-20-9-11-25-50(45)59)39-17-12-18-41(31-39)57-48-23-10-8-19-43(48)44-22-14-30-55-53(44)57;/h5-30,32-35,59H,1-4H3;/q-1;. The van der Waals surface area contributed by atoms with Crippen LogP contribution in [0.25, 0.3) is 89.1 Å². The van der Waals surface area contributed by atoms with Crippen molar-refractivity contribution in [3.63, 3.8) is 0 Å². The molecule has 0 amide bonds. The van der Waals surface area contributed by atoms with Crippen molar-refractivity contribution in [2.45, 2.75) is 39.5 Å². The summed E-state index contributed by atoms with van der Waals surface area (Å²) < 4.78 is 4.49. The third-order valence-electron chi connectivity index (χ3n) is 11.5. The van der Waals surface area contributed by atoms with Gasteiger partial charge in [-0.1, -0.05) is 130 Å². The maximum Gasteiger partial charge on any atom is 0.148 e. The number of hydrogen-bond donors (Lipinski definition) is 1. The van der Waals surface area contributed by atoms with Gasteiger partial charge in [-0.3, -0.25) is 4.57 Å². The summed E-state index contributed by atoms with van der Waals surface area (Å²) in [5.41, 5.74) is 15.5. The molecule has 0 unspecified atom stereocenters. The van der Waals surface area contributed by atoms with E-state index in [1.807, 2.05) is 30.5 Å². The fourth-order valence-corrected chi connectivity index (χ4v) is 8.64. The van der Waals surface area contributed by atoms with Crippen molar-refractivity contribution in [3.8, 4) is 61.9 Å². The van der Waals surface area contributed by atoms with Crippen molar-refractivity contribution in [1.29, 1.82) is 0 Å². The number of para-hydroxylation sites is 3. The molecule has 0 aliphatic carbocycles. The van der Waals surface area contributed by atoms with E-state index in [2.05, 4.69) is 176 Å². The van der Waals surface area contributed by atoms with Gasteiger partial charge in [0.15, 0.2) is 0 Å². The van der Waals surface area contributed by atoms with Gasteiger partial charge in [0.1, 0.15) is 17.2 Å². The minimum absolute atomic E-state index is 0. The number of hydrogen-bond acceptors (Lipinski definition) is 3. The minimum Gasteiger partial charge on any atom is -0.507 e. The molecule has 7 aromatic carbocycles. The molecule has 10 aromatic rings. The predicted molar refractivity (Wildman–Crippen MR) is 244 cm³/mol. The second kappa shape index (κ2) is 15.9. The number of aromatic nitrogens is 4. The Balaban J connectivity index is 0.00000462. The van der Waals surface area contributed by atoms with Crippen molar-refractivity contribution in [2.24, 2.45) is 0 Å². The van der Waals surface area contributed by atoms with Gasteiger partial charge in [0.2, 0.25) is 0 Å². The molecule has 10 rings (SSSR count). The van der Waals surface area contributed by atoms with Crippen LogP contribution in [0.4, 0.5) is 0 Å². The third-order valence-corrected chi connectivity index (χ3v) is 11.5. The Morgan fingerprint density at radius 2 is 1.13 bits per heavy atom. The van der Waals surface area contributed by atoms with Gasteiger partial charge in [-0.25, -0.2) is 9.97 Å². The van der Waals surface area contributed by atoms with Gasteiger partial charge < -0.3 is 9.67 Å². The molecule has 1 N–H and O–H groups in total. The van der Waals surface area contributed by atoms with E-state index in [1.54, 1.807) is 6.07 Å². The van der Waals surface area contributed by atoms with E-state index in [1.165, 1.54) is 33.4 Å². The first-order valence-electron chi connectivity index (χ1n) is 20.4. The van der Waals surface area contributed by atoms with Crippen LogP contribution in [0, 0.1) is 6.07 Å². The second-order valence-electron chi connectivity index (χ2n) is 15.9. The summed E-state index contributed by atoms with van der Waals surface area (Å²) in [6.45, 7) is 9.05. The molecule has 60 heavy (non-hydrogen) atoms. The van der Waals surface area contributed by atoms with Crippen LogP contribution >= 0.6 is 0 Å². The van der Waals surface area contributed by atoms with Crippen LogP contribution in [0.15, 0.2) is 170 Å². The smallest absolute Gasteiger partial charge is 0.148 e. The number of pyridine rings is 1. The van der Waals surface area contributed by atoms with Crippen molar-refractivity contribution in [2.75, 3.05) is 0 Å². The molecule has 3 heterocycles. The van der Waals surface area contributed by atoms with Crippen LogP contribution in [0.1, 0.15) is 50.7 Å². The molecule has 0 aliphatic rings. The van der Waals surface area contributed by atoms with Crippen molar-refractivity contribution < 1.29 is 26.2 Å². The molecule has 5 nitrogen and oxygen atoms in total. The zero-order valence-electron chi connectivity index (χ0n) is 33.9. The zero-order chi connectivity index (χ0) is 40.2. The molecule has 0 bridgehead atoms. The zero-order valence-corrected chi connectivity index (χ0v) is 36.1. The number of fused-ring (bicyclic) bond motifs is 4. The first-order valence-corrected chi connectivity index (χ1v) is 20.4. The Morgan fingerprint density at radius 3 is 1.87 bits per heavy atom. The summed E-state index contributed by atoms with van der Waals surface area (Å²) in [5.74, 6) is 1.25. The average molecular weight is 959 g/mol. The Morgan fingerprint density at radius 1 is 0.533 bits per heavy atom. The summed E-state index contributed by atoms with van der Waals surface area (Å²) in [7, 11) is 0. The van der Waals surface area contributed by atoms with Gasteiger partial charge in [0, 0.05) is 38.0 Å². The maximum absolute atomic E-state index is 11.4. The van der Waals surface area contributed by atoms with Gasteiger partial charge in [0.05, 0.1) is 27.8 Å². The van der Waals surface area contributed by atoms with Gasteiger partial charge >= 0.3 is 0 Å².